The van der Waals surface area contributed by atoms with Gasteiger partial charge in [-0.2, -0.15) is 0 Å². The van der Waals surface area contributed by atoms with Crippen LogP contribution in [0, 0.1) is 6.92 Å². The summed E-state index contributed by atoms with van der Waals surface area (Å²) in [6, 6.07) is 15.7. The maximum Gasteiger partial charge on any atom is 0.263 e. The summed E-state index contributed by atoms with van der Waals surface area (Å²) >= 11 is 1.51. The summed E-state index contributed by atoms with van der Waals surface area (Å²) in [5.74, 6) is 1.39. The molecule has 2 aromatic heterocycles. The van der Waals surface area contributed by atoms with Crippen LogP contribution in [0.15, 0.2) is 69.0 Å². The first kappa shape index (κ1) is 18.7. The first-order valence-corrected chi connectivity index (χ1v) is 11.4. The molecular weight excluding hydrogens is 424 g/mol. The van der Waals surface area contributed by atoms with Crippen molar-refractivity contribution >= 4 is 50.1 Å². The molecule has 1 aliphatic rings. The van der Waals surface area contributed by atoms with Crippen LogP contribution in [0.2, 0.25) is 0 Å². The van der Waals surface area contributed by atoms with Gasteiger partial charge >= 0.3 is 0 Å². The van der Waals surface area contributed by atoms with Gasteiger partial charge in [0.2, 0.25) is 0 Å². The van der Waals surface area contributed by atoms with Gasteiger partial charge in [0.1, 0.15) is 10.8 Å². The minimum absolute atomic E-state index is 0.124. The molecule has 11 heteroatoms. The maximum atomic E-state index is 12.5. The van der Waals surface area contributed by atoms with Gasteiger partial charge in [-0.25, -0.2) is 18.4 Å². The number of aryl methyl sites for hydroxylation is 1. The van der Waals surface area contributed by atoms with Crippen molar-refractivity contribution in [3.05, 3.63) is 60.4 Å². The molecule has 2 aromatic carbocycles. The summed E-state index contributed by atoms with van der Waals surface area (Å²) in [7, 11) is -3.75. The quantitative estimate of drug-likeness (QED) is 0.427. The van der Waals surface area contributed by atoms with Crippen LogP contribution in [0.25, 0.3) is 11.0 Å². The van der Waals surface area contributed by atoms with Gasteiger partial charge in [0.15, 0.2) is 17.1 Å². The Labute approximate surface area is 176 Å². The fourth-order valence-electron chi connectivity index (χ4n) is 2.98. The number of sulfonamides is 1. The second-order valence-electron chi connectivity index (χ2n) is 6.61. The molecule has 1 unspecified atom stereocenters. The zero-order chi connectivity index (χ0) is 20.7. The number of para-hydroxylation sites is 2. The van der Waals surface area contributed by atoms with Crippen LogP contribution in [0.3, 0.4) is 0 Å². The number of nitrogens with one attached hydrogen (secondary N) is 3. The van der Waals surface area contributed by atoms with Crippen molar-refractivity contribution in [1.29, 1.82) is 0 Å². The van der Waals surface area contributed by atoms with Crippen molar-refractivity contribution < 1.29 is 12.9 Å². The van der Waals surface area contributed by atoms with Crippen LogP contribution in [-0.4, -0.2) is 29.0 Å². The highest BCUT2D eigenvalue weighted by molar-refractivity contribution is 8.00. The number of aromatic nitrogens is 3. The molecule has 3 N–H and O–H groups in total. The predicted molar refractivity (Wildman–Crippen MR) is 115 cm³/mol. The van der Waals surface area contributed by atoms with Crippen LogP contribution < -0.4 is 15.4 Å². The van der Waals surface area contributed by atoms with E-state index in [-0.39, 0.29) is 16.2 Å². The minimum Gasteiger partial charge on any atom is -0.360 e. The van der Waals surface area contributed by atoms with Gasteiger partial charge in [-0.15, -0.1) is 0 Å². The summed E-state index contributed by atoms with van der Waals surface area (Å²) in [5.41, 5.74) is 2.26. The van der Waals surface area contributed by atoms with Gasteiger partial charge in [0.25, 0.3) is 10.0 Å². The molecule has 0 saturated heterocycles. The average Bonchev–Trinajstić information content (AvgIpc) is 3.30. The molecule has 0 spiro atoms. The fourth-order valence-corrected chi connectivity index (χ4v) is 4.92. The zero-order valence-corrected chi connectivity index (χ0v) is 17.3. The first-order valence-electron chi connectivity index (χ1n) is 8.99. The first-order chi connectivity index (χ1) is 14.5. The van der Waals surface area contributed by atoms with E-state index in [1.54, 1.807) is 19.1 Å². The van der Waals surface area contributed by atoms with Gasteiger partial charge in [0.05, 0.1) is 15.9 Å². The highest BCUT2D eigenvalue weighted by Gasteiger charge is 2.25. The van der Waals surface area contributed by atoms with Crippen molar-refractivity contribution in [2.24, 2.45) is 0 Å². The molecule has 3 heterocycles. The summed E-state index contributed by atoms with van der Waals surface area (Å²) in [4.78, 5) is 9.36. The van der Waals surface area contributed by atoms with Crippen molar-refractivity contribution in [3.63, 3.8) is 0 Å². The number of thioether (sulfide) groups is 1. The Morgan fingerprint density at radius 2 is 1.80 bits per heavy atom. The lowest BCUT2D eigenvalue weighted by Gasteiger charge is -2.14. The number of hydrogen-bond acceptors (Lipinski definition) is 9. The molecule has 9 nitrogen and oxygen atoms in total. The Morgan fingerprint density at radius 3 is 2.50 bits per heavy atom. The molecule has 1 aliphatic heterocycles. The van der Waals surface area contributed by atoms with Crippen molar-refractivity contribution in [2.45, 2.75) is 22.3 Å². The van der Waals surface area contributed by atoms with Crippen LogP contribution >= 0.6 is 11.8 Å². The van der Waals surface area contributed by atoms with E-state index in [0.29, 0.717) is 5.76 Å². The molecule has 1 atom stereocenters. The molecule has 0 amide bonds. The van der Waals surface area contributed by atoms with Gasteiger partial charge in [-0.05, 0) is 43.3 Å². The van der Waals surface area contributed by atoms with E-state index in [0.717, 1.165) is 27.6 Å². The van der Waals surface area contributed by atoms with E-state index in [1.807, 2.05) is 24.3 Å². The Balaban J connectivity index is 1.28. The molecule has 4 aromatic rings. The number of nitrogens with zero attached hydrogens (tertiary/aromatic N) is 3. The molecule has 30 heavy (non-hydrogen) atoms. The molecule has 0 saturated carbocycles. The van der Waals surface area contributed by atoms with Gasteiger partial charge in [0, 0.05) is 11.8 Å². The average molecular weight is 441 g/mol. The van der Waals surface area contributed by atoms with Gasteiger partial charge < -0.3 is 15.2 Å². The van der Waals surface area contributed by atoms with Crippen molar-refractivity contribution in [2.75, 3.05) is 15.4 Å². The molecule has 152 valence electrons. The summed E-state index contributed by atoms with van der Waals surface area (Å²) in [6.07, 6.45) is 0. The molecule has 0 aliphatic carbocycles. The highest BCUT2D eigenvalue weighted by atomic mass is 32.2. The molecule has 0 fully saturated rings. The van der Waals surface area contributed by atoms with E-state index in [1.165, 1.54) is 30.0 Å². The normalized spacial score (nSPS) is 15.6. The van der Waals surface area contributed by atoms with Crippen molar-refractivity contribution in [1.82, 2.24) is 15.1 Å². The number of rotatable bonds is 5. The summed E-state index contributed by atoms with van der Waals surface area (Å²) in [5, 5.41) is 11.1. The standard InChI is InChI=1S/C19H16N6O3S2/c1-11-10-16(24-28-11)25-30(26,27)13-8-6-12(7-9-13)20-19-23-17-18(29-19)22-15-5-3-2-4-14(15)21-17/h2-10,19-20H,1H3,(H,21,23)(H,24,25). The summed E-state index contributed by atoms with van der Waals surface area (Å²) < 4.78 is 32.2. The molecular formula is C19H16N6O3S2. The number of fused-ring (bicyclic) bond motifs is 2. The van der Waals surface area contributed by atoms with Gasteiger partial charge in [-0.3, -0.25) is 4.72 Å². The third kappa shape index (κ3) is 3.64. The van der Waals surface area contributed by atoms with E-state index in [9.17, 15) is 8.42 Å². The van der Waals surface area contributed by atoms with Gasteiger partial charge in [-0.1, -0.05) is 29.1 Å². The fraction of sp³-hybridized carbons (Fsp3) is 0.105. The third-order valence-electron chi connectivity index (χ3n) is 4.37. The molecule has 5 rings (SSSR count). The number of benzene rings is 2. The predicted octanol–water partition coefficient (Wildman–Crippen LogP) is 3.64. The zero-order valence-electron chi connectivity index (χ0n) is 15.7. The number of anilines is 3. The van der Waals surface area contributed by atoms with Crippen molar-refractivity contribution in [3.8, 4) is 0 Å². The molecule has 0 radical (unpaired) electrons. The van der Waals surface area contributed by atoms with Crippen LogP contribution in [-0.2, 0) is 10.0 Å². The van der Waals surface area contributed by atoms with E-state index in [4.69, 9.17) is 4.52 Å². The smallest absolute Gasteiger partial charge is 0.263 e. The lowest BCUT2D eigenvalue weighted by molar-refractivity contribution is 0.400. The second kappa shape index (κ2) is 7.18. The van der Waals surface area contributed by atoms with E-state index in [2.05, 4.69) is 30.5 Å². The molecule has 0 bridgehead atoms. The second-order valence-corrected chi connectivity index (χ2v) is 9.38. The number of hydrogen-bond donors (Lipinski definition) is 3. The minimum atomic E-state index is -3.75. The van der Waals surface area contributed by atoms with Crippen LogP contribution in [0.1, 0.15) is 5.76 Å². The Bertz CT molecular complexity index is 1290. The topological polar surface area (TPSA) is 122 Å². The monoisotopic (exact) mass is 440 g/mol. The summed E-state index contributed by atoms with van der Waals surface area (Å²) in [6.45, 7) is 1.69. The Morgan fingerprint density at radius 1 is 1.07 bits per heavy atom. The van der Waals surface area contributed by atoms with Crippen LogP contribution in [0.5, 0.6) is 0 Å². The van der Waals surface area contributed by atoms with E-state index >= 15 is 0 Å². The lowest BCUT2D eigenvalue weighted by atomic mass is 10.3. The van der Waals surface area contributed by atoms with Crippen LogP contribution in [0.4, 0.5) is 17.3 Å². The SMILES string of the molecule is Cc1cc(NS(=O)(=O)c2ccc(NC3Nc4nc5ccccc5nc4S3)cc2)no1. The highest BCUT2D eigenvalue weighted by Crippen LogP contribution is 2.37. The Kier molecular flexibility index (Phi) is 4.48. The third-order valence-corrected chi connectivity index (χ3v) is 6.72. The maximum absolute atomic E-state index is 12.5. The van der Waals surface area contributed by atoms with E-state index < -0.39 is 10.0 Å². The Hall–Kier alpha value is -3.31. The lowest BCUT2D eigenvalue weighted by Crippen LogP contribution is -2.21. The largest absolute Gasteiger partial charge is 0.360 e.